The molecule has 0 amide bonds. The summed E-state index contributed by atoms with van der Waals surface area (Å²) in [5.74, 6) is 0. The number of aromatic amines is 1. The zero-order valence-corrected chi connectivity index (χ0v) is 15.4. The van der Waals surface area contributed by atoms with E-state index in [1.807, 2.05) is 60.7 Å². The minimum absolute atomic E-state index is 0.301. The number of nitrogens with one attached hydrogen (secondary N) is 1. The van der Waals surface area contributed by atoms with Gasteiger partial charge >= 0.3 is 5.69 Å². The zero-order chi connectivity index (χ0) is 19.6. The molecule has 0 aliphatic heterocycles. The molecule has 0 spiro atoms. The summed E-state index contributed by atoms with van der Waals surface area (Å²) < 4.78 is 12.9. The van der Waals surface area contributed by atoms with Crippen LogP contribution >= 0.6 is 0 Å². The normalized spacial score (nSPS) is 10.6. The highest BCUT2D eigenvalue weighted by Crippen LogP contribution is 2.07. The Morgan fingerprint density at radius 2 is 1.36 bits per heavy atom. The summed E-state index contributed by atoms with van der Waals surface area (Å²) in [4.78, 5) is 25.4. The van der Waals surface area contributed by atoms with Crippen LogP contribution in [0.1, 0.15) is 11.1 Å². The molecule has 0 saturated heterocycles. The maximum Gasteiger partial charge on any atom is 0.332 e. The number of hydrogen-bond donors (Lipinski definition) is 1. The summed E-state index contributed by atoms with van der Waals surface area (Å²) in [6.45, 7) is 1.51. The van der Waals surface area contributed by atoms with Gasteiger partial charge in [-0.15, -0.1) is 0 Å². The van der Waals surface area contributed by atoms with Crippen molar-refractivity contribution in [3.05, 3.63) is 110 Å². The van der Waals surface area contributed by atoms with Gasteiger partial charge < -0.3 is 9.47 Å². The Kier molecular flexibility index (Phi) is 7.12. The third-order valence-electron chi connectivity index (χ3n) is 3.97. The van der Waals surface area contributed by atoms with Crippen molar-refractivity contribution < 1.29 is 9.47 Å². The van der Waals surface area contributed by atoms with Crippen LogP contribution in [-0.2, 0) is 22.7 Å². The third-order valence-corrected chi connectivity index (χ3v) is 3.97. The largest absolute Gasteiger partial charge is 0.372 e. The average molecular weight is 378 g/mol. The van der Waals surface area contributed by atoms with E-state index in [9.17, 15) is 9.59 Å². The van der Waals surface area contributed by atoms with Crippen molar-refractivity contribution >= 4 is 6.20 Å². The molecule has 0 saturated carbocycles. The summed E-state index contributed by atoms with van der Waals surface area (Å²) in [6.07, 6.45) is 3.06. The van der Waals surface area contributed by atoms with E-state index in [0.29, 0.717) is 26.4 Å². The number of H-pyrrole nitrogens is 1. The summed E-state index contributed by atoms with van der Waals surface area (Å²) in [6, 6.07) is 21.0. The summed E-state index contributed by atoms with van der Waals surface area (Å²) in [5, 5.41) is 0. The van der Waals surface area contributed by atoms with Gasteiger partial charge in [-0.05, 0) is 16.7 Å². The summed E-state index contributed by atoms with van der Waals surface area (Å²) in [5.41, 5.74) is 1.97. The molecule has 1 aromatic heterocycles. The van der Waals surface area contributed by atoms with Gasteiger partial charge in [-0.1, -0.05) is 60.7 Å². The number of ether oxygens (including phenoxy) is 2. The van der Waals surface area contributed by atoms with Crippen molar-refractivity contribution in [3.63, 3.8) is 0 Å². The molecule has 0 radical (unpaired) electrons. The molecule has 0 atom stereocenters. The van der Waals surface area contributed by atoms with E-state index in [1.54, 1.807) is 6.20 Å². The van der Waals surface area contributed by atoms with Crippen molar-refractivity contribution in [1.82, 2.24) is 9.55 Å². The van der Waals surface area contributed by atoms with E-state index in [0.717, 1.165) is 16.7 Å². The minimum atomic E-state index is -0.504. The Morgan fingerprint density at radius 1 is 0.821 bits per heavy atom. The average Bonchev–Trinajstić information content (AvgIpc) is 2.71. The highest BCUT2D eigenvalue weighted by atomic mass is 16.5. The molecule has 6 heteroatoms. The number of nitrogens with zero attached hydrogens (tertiary/aromatic N) is 1. The smallest absolute Gasteiger partial charge is 0.332 e. The van der Waals surface area contributed by atoms with Gasteiger partial charge in [0, 0.05) is 18.5 Å². The Morgan fingerprint density at radius 3 is 1.86 bits per heavy atom. The SMILES string of the molecule is O=c1ccn(C=C(COCc2ccccc2)COCc2ccccc2)c(=O)[nH]1. The van der Waals surface area contributed by atoms with Gasteiger partial charge in [0.15, 0.2) is 0 Å². The Balaban J connectivity index is 1.66. The molecule has 6 nitrogen and oxygen atoms in total. The lowest BCUT2D eigenvalue weighted by Gasteiger charge is -2.11. The second kappa shape index (κ2) is 10.2. The highest BCUT2D eigenvalue weighted by molar-refractivity contribution is 5.31. The first-order valence-electron chi connectivity index (χ1n) is 8.95. The summed E-state index contributed by atoms with van der Waals surface area (Å²) in [7, 11) is 0. The van der Waals surface area contributed by atoms with Crippen molar-refractivity contribution in [3.8, 4) is 0 Å². The fraction of sp³-hybridized carbons (Fsp3) is 0.182. The standard InChI is InChI=1S/C22H22N2O4/c25-21-11-12-24(22(26)23-21)13-20(16-27-14-18-7-3-1-4-8-18)17-28-15-19-9-5-2-6-10-19/h1-13H,14-17H2,(H,23,25,26). The van der Waals surface area contributed by atoms with Gasteiger partial charge in [-0.3, -0.25) is 14.3 Å². The quantitative estimate of drug-likeness (QED) is 0.621. The van der Waals surface area contributed by atoms with Crippen LogP contribution in [0.4, 0.5) is 0 Å². The molecule has 3 rings (SSSR count). The van der Waals surface area contributed by atoms with Crippen molar-refractivity contribution in [1.29, 1.82) is 0 Å². The number of hydrogen-bond acceptors (Lipinski definition) is 4. The van der Waals surface area contributed by atoms with Crippen LogP contribution in [0.2, 0.25) is 0 Å². The van der Waals surface area contributed by atoms with Gasteiger partial charge in [0.25, 0.3) is 5.56 Å². The number of aromatic nitrogens is 2. The van der Waals surface area contributed by atoms with Gasteiger partial charge in [0.1, 0.15) is 0 Å². The van der Waals surface area contributed by atoms with Gasteiger partial charge in [0.2, 0.25) is 0 Å². The molecule has 0 aliphatic rings. The van der Waals surface area contributed by atoms with E-state index in [-0.39, 0.29) is 0 Å². The third kappa shape index (κ3) is 6.19. The second-order valence-electron chi connectivity index (χ2n) is 6.26. The van der Waals surface area contributed by atoms with E-state index in [4.69, 9.17) is 9.47 Å². The first-order chi connectivity index (χ1) is 13.7. The maximum atomic E-state index is 11.9. The van der Waals surface area contributed by atoms with Crippen LogP contribution in [0.25, 0.3) is 6.20 Å². The molecule has 3 aromatic rings. The van der Waals surface area contributed by atoms with Crippen LogP contribution in [0.15, 0.2) is 88.1 Å². The van der Waals surface area contributed by atoms with E-state index in [1.165, 1.54) is 16.8 Å². The Bertz CT molecular complexity index is 960. The fourth-order valence-corrected chi connectivity index (χ4v) is 2.59. The highest BCUT2D eigenvalue weighted by Gasteiger charge is 2.03. The lowest BCUT2D eigenvalue weighted by atomic mass is 10.2. The number of rotatable bonds is 9. The van der Waals surface area contributed by atoms with Crippen LogP contribution in [0.3, 0.4) is 0 Å². The molecule has 0 aliphatic carbocycles. The lowest BCUT2D eigenvalue weighted by Crippen LogP contribution is -2.26. The van der Waals surface area contributed by atoms with Crippen LogP contribution in [0, 0.1) is 0 Å². The minimum Gasteiger partial charge on any atom is -0.372 e. The second-order valence-corrected chi connectivity index (χ2v) is 6.26. The zero-order valence-electron chi connectivity index (χ0n) is 15.4. The van der Waals surface area contributed by atoms with E-state index in [2.05, 4.69) is 4.98 Å². The first kappa shape index (κ1) is 19.5. The Labute approximate surface area is 162 Å². The van der Waals surface area contributed by atoms with Crippen molar-refractivity contribution in [2.45, 2.75) is 13.2 Å². The molecule has 144 valence electrons. The molecule has 1 N–H and O–H groups in total. The topological polar surface area (TPSA) is 73.3 Å². The van der Waals surface area contributed by atoms with Gasteiger partial charge in [-0.2, -0.15) is 0 Å². The molecular formula is C22H22N2O4. The van der Waals surface area contributed by atoms with Crippen molar-refractivity contribution in [2.24, 2.45) is 0 Å². The van der Waals surface area contributed by atoms with E-state index >= 15 is 0 Å². The Hall–Kier alpha value is -3.22. The molecule has 0 fully saturated rings. The molecule has 0 unspecified atom stereocenters. The monoisotopic (exact) mass is 378 g/mol. The lowest BCUT2D eigenvalue weighted by molar-refractivity contribution is 0.106. The molecular weight excluding hydrogens is 356 g/mol. The van der Waals surface area contributed by atoms with E-state index < -0.39 is 11.2 Å². The van der Waals surface area contributed by atoms with Crippen LogP contribution in [0.5, 0.6) is 0 Å². The maximum absolute atomic E-state index is 11.9. The predicted molar refractivity (Wildman–Crippen MR) is 108 cm³/mol. The van der Waals surface area contributed by atoms with Crippen molar-refractivity contribution in [2.75, 3.05) is 13.2 Å². The molecule has 0 bridgehead atoms. The first-order valence-corrected chi connectivity index (χ1v) is 8.95. The van der Waals surface area contributed by atoms with Gasteiger partial charge in [-0.25, -0.2) is 4.79 Å². The molecule has 1 heterocycles. The predicted octanol–water partition coefficient (Wildman–Crippen LogP) is 2.81. The summed E-state index contributed by atoms with van der Waals surface area (Å²) >= 11 is 0. The van der Waals surface area contributed by atoms with Crippen LogP contribution in [-0.4, -0.2) is 22.8 Å². The number of benzene rings is 2. The van der Waals surface area contributed by atoms with Crippen LogP contribution < -0.4 is 11.2 Å². The van der Waals surface area contributed by atoms with Gasteiger partial charge in [0.05, 0.1) is 26.4 Å². The fourth-order valence-electron chi connectivity index (χ4n) is 2.59. The molecule has 28 heavy (non-hydrogen) atoms. The molecule has 2 aromatic carbocycles.